The van der Waals surface area contributed by atoms with Crippen molar-refractivity contribution in [2.75, 3.05) is 14.2 Å². The average molecular weight is 468 g/mol. The summed E-state index contributed by atoms with van der Waals surface area (Å²) in [6, 6.07) is 11.8. The summed E-state index contributed by atoms with van der Waals surface area (Å²) in [7, 11) is 3.26. The van der Waals surface area contributed by atoms with Crippen molar-refractivity contribution in [3.05, 3.63) is 76.9 Å². The predicted octanol–water partition coefficient (Wildman–Crippen LogP) is 6.43. The Hall–Kier alpha value is -2.99. The number of aliphatic hydroxyl groups is 1. The smallest absolute Gasteiger partial charge is 0.213 e. The van der Waals surface area contributed by atoms with Gasteiger partial charge in [-0.2, -0.15) is 0 Å². The Labute approximate surface area is 205 Å². The molecule has 0 saturated carbocycles. The fraction of sp³-hybridized carbons (Fsp3) is 0.464. The highest BCUT2D eigenvalue weighted by Crippen LogP contribution is 2.20. The van der Waals surface area contributed by atoms with E-state index in [2.05, 4.69) is 62.6 Å². The molecule has 34 heavy (non-hydrogen) atoms. The molecule has 0 radical (unpaired) electrons. The number of nitrogens with zero attached hydrogens (tertiary/aromatic N) is 3. The normalized spacial score (nSPS) is 10.4. The van der Waals surface area contributed by atoms with Crippen molar-refractivity contribution in [2.24, 2.45) is 0 Å². The first-order valence-corrected chi connectivity index (χ1v) is 11.7. The Morgan fingerprint density at radius 3 is 1.82 bits per heavy atom. The third-order valence-electron chi connectivity index (χ3n) is 5.24. The highest BCUT2D eigenvalue weighted by molar-refractivity contribution is 5.27. The quantitative estimate of drug-likeness (QED) is 0.450. The molecular weight excluding hydrogens is 426 g/mol. The molecule has 0 bridgehead atoms. The van der Waals surface area contributed by atoms with E-state index in [4.69, 9.17) is 14.6 Å². The lowest BCUT2D eigenvalue weighted by molar-refractivity contribution is 0.276. The average Bonchev–Trinajstić information content (AvgIpc) is 2.84. The lowest BCUT2D eigenvalue weighted by atomic mass is 10.0. The van der Waals surface area contributed by atoms with Crippen molar-refractivity contribution in [3.63, 3.8) is 0 Å². The molecule has 6 nitrogen and oxygen atoms in total. The topological polar surface area (TPSA) is 77.4 Å². The molecule has 0 aliphatic rings. The summed E-state index contributed by atoms with van der Waals surface area (Å²) in [5.41, 5.74) is 5.56. The van der Waals surface area contributed by atoms with Crippen LogP contribution in [-0.4, -0.2) is 34.3 Å². The van der Waals surface area contributed by atoms with Gasteiger partial charge in [0.1, 0.15) is 0 Å². The van der Waals surface area contributed by atoms with Crippen LogP contribution in [0.2, 0.25) is 0 Å². The second kappa shape index (κ2) is 15.0. The molecule has 6 heteroatoms. The summed E-state index contributed by atoms with van der Waals surface area (Å²) >= 11 is 0. The summed E-state index contributed by atoms with van der Waals surface area (Å²) in [6.07, 6.45) is 3.59. The molecule has 3 aromatic rings. The number of rotatable bonds is 6. The SMILES string of the molecule is CC(C)c1ccnc(CO)c1.COc1ccc(C(C)C)c(C)n1.COc1ccc(C(C)C)cn1. The van der Waals surface area contributed by atoms with Gasteiger partial charge in [0.2, 0.25) is 11.8 Å². The molecule has 0 aromatic carbocycles. The van der Waals surface area contributed by atoms with Gasteiger partial charge in [-0.1, -0.05) is 53.7 Å². The van der Waals surface area contributed by atoms with Crippen LogP contribution < -0.4 is 9.47 Å². The van der Waals surface area contributed by atoms with Gasteiger partial charge >= 0.3 is 0 Å². The van der Waals surface area contributed by atoms with Crippen LogP contribution >= 0.6 is 0 Å². The van der Waals surface area contributed by atoms with Crippen molar-refractivity contribution in [3.8, 4) is 11.8 Å². The molecule has 186 valence electrons. The molecule has 0 saturated heterocycles. The van der Waals surface area contributed by atoms with Crippen LogP contribution in [0.3, 0.4) is 0 Å². The molecule has 0 aliphatic heterocycles. The van der Waals surface area contributed by atoms with Gasteiger partial charge in [0.15, 0.2) is 0 Å². The van der Waals surface area contributed by atoms with Crippen LogP contribution in [0.5, 0.6) is 11.8 Å². The highest BCUT2D eigenvalue weighted by Gasteiger charge is 2.05. The second-order valence-corrected chi connectivity index (χ2v) is 8.86. The molecular formula is C28H41N3O3. The number of methoxy groups -OCH3 is 2. The van der Waals surface area contributed by atoms with Gasteiger partial charge in [-0.05, 0) is 53.5 Å². The minimum atomic E-state index is 0.0283. The van der Waals surface area contributed by atoms with E-state index in [1.807, 2.05) is 43.5 Å². The van der Waals surface area contributed by atoms with E-state index in [1.165, 1.54) is 16.7 Å². The predicted molar refractivity (Wildman–Crippen MR) is 139 cm³/mol. The Bertz CT molecular complexity index is 971. The first-order chi connectivity index (χ1) is 16.1. The van der Waals surface area contributed by atoms with E-state index in [-0.39, 0.29) is 6.61 Å². The Morgan fingerprint density at radius 1 is 0.765 bits per heavy atom. The standard InChI is InChI=1S/C10H15NO.2C9H13NO/c1-7(2)9-5-6-10(12-4)11-8(9)3;1-7(2)8-4-5-9(11-3)10-6-8;1-7(2)8-3-4-10-9(5-8)6-11/h5-7H,1-4H3;4-7H,1-3H3;3-5,7,11H,6H2,1-2H3. The fourth-order valence-corrected chi connectivity index (χ4v) is 3.07. The number of aryl methyl sites for hydroxylation is 1. The van der Waals surface area contributed by atoms with Crippen molar-refractivity contribution < 1.29 is 14.6 Å². The molecule has 3 rings (SSSR count). The Balaban J connectivity index is 0.000000255. The van der Waals surface area contributed by atoms with Crippen LogP contribution in [0, 0.1) is 6.92 Å². The minimum Gasteiger partial charge on any atom is -0.481 e. The van der Waals surface area contributed by atoms with E-state index in [1.54, 1.807) is 20.4 Å². The van der Waals surface area contributed by atoms with Crippen LogP contribution in [0.25, 0.3) is 0 Å². The monoisotopic (exact) mass is 467 g/mol. The number of hydrogen-bond donors (Lipinski definition) is 1. The Morgan fingerprint density at radius 2 is 1.38 bits per heavy atom. The molecule has 0 unspecified atom stereocenters. The first kappa shape index (κ1) is 29.0. The van der Waals surface area contributed by atoms with Crippen molar-refractivity contribution in [2.45, 2.75) is 72.8 Å². The molecule has 0 aliphatic carbocycles. The Kier molecular flexibility index (Phi) is 12.8. The molecule has 3 aromatic heterocycles. The largest absolute Gasteiger partial charge is 0.481 e. The van der Waals surface area contributed by atoms with E-state index in [0.717, 1.165) is 11.4 Å². The van der Waals surface area contributed by atoms with Crippen LogP contribution in [-0.2, 0) is 6.61 Å². The van der Waals surface area contributed by atoms with Gasteiger partial charge in [0.05, 0.1) is 26.5 Å². The maximum Gasteiger partial charge on any atom is 0.213 e. The van der Waals surface area contributed by atoms with Crippen molar-refractivity contribution in [1.82, 2.24) is 15.0 Å². The first-order valence-electron chi connectivity index (χ1n) is 11.7. The zero-order valence-corrected chi connectivity index (χ0v) is 22.2. The zero-order valence-electron chi connectivity index (χ0n) is 22.2. The van der Waals surface area contributed by atoms with Crippen molar-refractivity contribution >= 4 is 0 Å². The molecule has 0 fully saturated rings. The van der Waals surface area contributed by atoms with Crippen LogP contribution in [0.4, 0.5) is 0 Å². The molecule has 0 amide bonds. The summed E-state index contributed by atoms with van der Waals surface area (Å²) in [4.78, 5) is 12.4. The van der Waals surface area contributed by atoms with Gasteiger partial charge < -0.3 is 14.6 Å². The summed E-state index contributed by atoms with van der Waals surface area (Å²) in [5.74, 6) is 2.94. The van der Waals surface area contributed by atoms with Gasteiger partial charge in [-0.15, -0.1) is 0 Å². The number of pyridine rings is 3. The van der Waals surface area contributed by atoms with E-state index in [9.17, 15) is 0 Å². The number of ether oxygens (including phenoxy) is 2. The second-order valence-electron chi connectivity index (χ2n) is 8.86. The van der Waals surface area contributed by atoms with Gasteiger partial charge in [-0.3, -0.25) is 4.98 Å². The highest BCUT2D eigenvalue weighted by atomic mass is 16.5. The summed E-state index contributed by atoms with van der Waals surface area (Å²) < 4.78 is 9.96. The lowest BCUT2D eigenvalue weighted by Crippen LogP contribution is -1.96. The van der Waals surface area contributed by atoms with Crippen LogP contribution in [0.15, 0.2) is 48.8 Å². The molecule has 3 heterocycles. The van der Waals surface area contributed by atoms with Gasteiger partial charge in [0.25, 0.3) is 0 Å². The maximum atomic E-state index is 8.78. The molecule has 0 atom stereocenters. The van der Waals surface area contributed by atoms with Crippen molar-refractivity contribution in [1.29, 1.82) is 0 Å². The van der Waals surface area contributed by atoms with E-state index < -0.39 is 0 Å². The number of aliphatic hydroxyl groups excluding tert-OH is 1. The minimum absolute atomic E-state index is 0.0283. The summed E-state index contributed by atoms with van der Waals surface area (Å²) in [6.45, 7) is 14.9. The zero-order chi connectivity index (χ0) is 25.7. The van der Waals surface area contributed by atoms with Gasteiger partial charge in [-0.25, -0.2) is 9.97 Å². The maximum absolute atomic E-state index is 8.78. The van der Waals surface area contributed by atoms with E-state index >= 15 is 0 Å². The number of hydrogen-bond acceptors (Lipinski definition) is 6. The molecule has 1 N–H and O–H groups in total. The van der Waals surface area contributed by atoms with Crippen LogP contribution in [0.1, 0.15) is 87.4 Å². The lowest BCUT2D eigenvalue weighted by Gasteiger charge is -2.09. The third kappa shape index (κ3) is 9.87. The number of aromatic nitrogens is 3. The van der Waals surface area contributed by atoms with E-state index in [0.29, 0.717) is 29.5 Å². The fourth-order valence-electron chi connectivity index (χ4n) is 3.07. The summed E-state index contributed by atoms with van der Waals surface area (Å²) in [5, 5.41) is 8.78. The molecule has 0 spiro atoms. The van der Waals surface area contributed by atoms with Gasteiger partial charge in [0, 0.05) is 30.2 Å². The third-order valence-corrected chi connectivity index (χ3v) is 5.24.